The summed E-state index contributed by atoms with van der Waals surface area (Å²) in [5.74, 6) is -1.46. The summed E-state index contributed by atoms with van der Waals surface area (Å²) in [4.78, 5) is 24.6. The fourth-order valence-corrected chi connectivity index (χ4v) is 3.92. The molecule has 1 amide bonds. The molecule has 1 aliphatic carbocycles. The molecule has 0 bridgehead atoms. The van der Waals surface area contributed by atoms with Gasteiger partial charge in [0, 0.05) is 12.5 Å². The fraction of sp³-hybridized carbons (Fsp3) is 0.300. The number of carboxylic acid groups (broad SMARTS) is 1. The first-order chi connectivity index (χ1) is 12.6. The van der Waals surface area contributed by atoms with Crippen LogP contribution in [0.5, 0.6) is 0 Å². The highest BCUT2D eigenvalue weighted by molar-refractivity contribution is 5.82. The summed E-state index contributed by atoms with van der Waals surface area (Å²) in [5, 5.41) is 9.15. The molecule has 2 aliphatic rings. The Morgan fingerprint density at radius 3 is 2.23 bits per heavy atom. The van der Waals surface area contributed by atoms with Crippen LogP contribution in [-0.4, -0.2) is 47.4 Å². The number of ether oxygens (including phenoxy) is 1. The maximum Gasteiger partial charge on any atom is 0.410 e. The van der Waals surface area contributed by atoms with Gasteiger partial charge in [0.15, 0.2) is 6.04 Å². The molecule has 134 valence electrons. The summed E-state index contributed by atoms with van der Waals surface area (Å²) in [7, 11) is 0. The van der Waals surface area contributed by atoms with E-state index >= 15 is 0 Å². The van der Waals surface area contributed by atoms with Gasteiger partial charge in [-0.3, -0.25) is 4.90 Å². The highest BCUT2D eigenvalue weighted by Gasteiger charge is 2.43. The first-order valence-electron chi connectivity index (χ1n) is 8.56. The maximum atomic E-state index is 13.8. The van der Waals surface area contributed by atoms with Crippen LogP contribution < -0.4 is 0 Å². The van der Waals surface area contributed by atoms with Gasteiger partial charge in [0.25, 0.3) is 0 Å². The molecule has 6 heteroatoms. The molecule has 2 aromatic carbocycles. The van der Waals surface area contributed by atoms with Crippen LogP contribution in [0.3, 0.4) is 0 Å². The Hall–Kier alpha value is -2.89. The second kappa shape index (κ2) is 6.44. The quantitative estimate of drug-likeness (QED) is 0.916. The van der Waals surface area contributed by atoms with Crippen LogP contribution in [0.25, 0.3) is 11.1 Å². The summed E-state index contributed by atoms with van der Waals surface area (Å²) < 4.78 is 19.2. The number of hydrogen-bond acceptors (Lipinski definition) is 3. The molecule has 1 aliphatic heterocycles. The van der Waals surface area contributed by atoms with Gasteiger partial charge < -0.3 is 9.84 Å². The minimum Gasteiger partial charge on any atom is -0.480 e. The standard InChI is InChI=1S/C20H18FNO4/c21-17-9-10-22(18(17)19(23)24)20(25)26-11-16-14-7-3-1-5-12(14)13-6-2-4-8-15(13)16/h1-8,16-18H,9-11H2,(H,23,24)/t17?,18-/m1/s1. The zero-order chi connectivity index (χ0) is 18.3. The van der Waals surface area contributed by atoms with E-state index in [-0.39, 0.29) is 25.5 Å². The molecule has 1 fully saturated rings. The van der Waals surface area contributed by atoms with Crippen LogP contribution in [0.4, 0.5) is 9.18 Å². The van der Waals surface area contributed by atoms with E-state index in [1.54, 1.807) is 0 Å². The Bertz CT molecular complexity index is 823. The molecule has 1 unspecified atom stereocenters. The second-order valence-corrected chi connectivity index (χ2v) is 6.59. The number of carboxylic acids is 1. The number of likely N-dealkylation sites (tertiary alicyclic amines) is 1. The smallest absolute Gasteiger partial charge is 0.410 e. The first-order valence-corrected chi connectivity index (χ1v) is 8.56. The van der Waals surface area contributed by atoms with Gasteiger partial charge in [-0.05, 0) is 28.7 Å². The lowest BCUT2D eigenvalue weighted by atomic mass is 9.98. The van der Waals surface area contributed by atoms with Crippen molar-refractivity contribution in [3.63, 3.8) is 0 Å². The Balaban J connectivity index is 1.53. The average molecular weight is 355 g/mol. The minimum absolute atomic E-state index is 0.0150. The van der Waals surface area contributed by atoms with Crippen molar-refractivity contribution in [2.24, 2.45) is 0 Å². The van der Waals surface area contributed by atoms with E-state index in [4.69, 9.17) is 9.84 Å². The van der Waals surface area contributed by atoms with Crippen molar-refractivity contribution in [2.45, 2.75) is 24.6 Å². The number of amides is 1. The number of alkyl halides is 1. The van der Waals surface area contributed by atoms with Crippen molar-refractivity contribution < 1.29 is 23.8 Å². The molecule has 1 heterocycles. The molecule has 0 saturated carbocycles. The number of nitrogens with zero attached hydrogens (tertiary/aromatic N) is 1. The van der Waals surface area contributed by atoms with E-state index in [2.05, 4.69) is 0 Å². The predicted octanol–water partition coefficient (Wildman–Crippen LogP) is 3.43. The third-order valence-corrected chi connectivity index (χ3v) is 5.15. The number of benzene rings is 2. The van der Waals surface area contributed by atoms with Gasteiger partial charge in [-0.2, -0.15) is 0 Å². The van der Waals surface area contributed by atoms with Crippen LogP contribution in [0.1, 0.15) is 23.5 Å². The van der Waals surface area contributed by atoms with Crippen LogP contribution in [0.15, 0.2) is 48.5 Å². The zero-order valence-corrected chi connectivity index (χ0v) is 14.0. The summed E-state index contributed by atoms with van der Waals surface area (Å²) >= 11 is 0. The van der Waals surface area contributed by atoms with Crippen molar-refractivity contribution >= 4 is 12.1 Å². The molecule has 2 aromatic rings. The molecule has 0 radical (unpaired) electrons. The number of hydrogen-bond donors (Lipinski definition) is 1. The van der Waals surface area contributed by atoms with E-state index in [9.17, 15) is 14.0 Å². The minimum atomic E-state index is -1.56. The average Bonchev–Trinajstić information content (AvgIpc) is 3.18. The molecule has 2 atom stereocenters. The van der Waals surface area contributed by atoms with E-state index in [0.717, 1.165) is 27.2 Å². The van der Waals surface area contributed by atoms with Crippen LogP contribution in [0.2, 0.25) is 0 Å². The third kappa shape index (κ3) is 2.62. The predicted molar refractivity (Wildman–Crippen MR) is 92.7 cm³/mol. The summed E-state index contributed by atoms with van der Waals surface area (Å²) in [6, 6.07) is 14.4. The van der Waals surface area contributed by atoms with Gasteiger partial charge in [-0.1, -0.05) is 48.5 Å². The Kier molecular flexibility index (Phi) is 4.11. The second-order valence-electron chi connectivity index (χ2n) is 6.59. The van der Waals surface area contributed by atoms with Crippen LogP contribution in [-0.2, 0) is 9.53 Å². The lowest BCUT2D eigenvalue weighted by molar-refractivity contribution is -0.143. The number of rotatable bonds is 3. The summed E-state index contributed by atoms with van der Waals surface area (Å²) in [6.45, 7) is 0.140. The van der Waals surface area contributed by atoms with Gasteiger partial charge in [0.2, 0.25) is 0 Å². The maximum absolute atomic E-state index is 13.8. The van der Waals surface area contributed by atoms with Gasteiger partial charge in [-0.25, -0.2) is 14.0 Å². The SMILES string of the molecule is O=C(O)[C@H]1C(F)CCN1C(=O)OCC1c2ccccc2-c2ccccc21. The van der Waals surface area contributed by atoms with Crippen molar-refractivity contribution in [2.75, 3.05) is 13.2 Å². The number of carbonyl (C=O) groups excluding carboxylic acids is 1. The highest BCUT2D eigenvalue weighted by Crippen LogP contribution is 2.44. The van der Waals surface area contributed by atoms with E-state index in [0.29, 0.717) is 0 Å². The van der Waals surface area contributed by atoms with Gasteiger partial charge in [0.05, 0.1) is 0 Å². The van der Waals surface area contributed by atoms with Crippen molar-refractivity contribution in [1.29, 1.82) is 0 Å². The van der Waals surface area contributed by atoms with E-state index in [1.807, 2.05) is 48.5 Å². The lowest BCUT2D eigenvalue weighted by Gasteiger charge is -2.23. The third-order valence-electron chi connectivity index (χ3n) is 5.15. The Labute approximate surface area is 150 Å². The monoisotopic (exact) mass is 355 g/mol. The lowest BCUT2D eigenvalue weighted by Crippen LogP contribution is -2.44. The van der Waals surface area contributed by atoms with E-state index in [1.165, 1.54) is 0 Å². The molecule has 1 N–H and O–H groups in total. The van der Waals surface area contributed by atoms with Crippen LogP contribution in [0, 0.1) is 0 Å². The first kappa shape index (κ1) is 16.6. The Morgan fingerprint density at radius 2 is 1.65 bits per heavy atom. The molecule has 0 spiro atoms. The van der Waals surface area contributed by atoms with Gasteiger partial charge >= 0.3 is 12.1 Å². The topological polar surface area (TPSA) is 66.8 Å². The summed E-state index contributed by atoms with van der Waals surface area (Å²) in [6.07, 6.45) is -2.33. The molecular weight excluding hydrogens is 337 g/mol. The normalized spacial score (nSPS) is 21.3. The number of aliphatic carboxylic acids is 1. The molecule has 4 rings (SSSR count). The fourth-order valence-electron chi connectivity index (χ4n) is 3.92. The van der Waals surface area contributed by atoms with Gasteiger partial charge in [-0.15, -0.1) is 0 Å². The van der Waals surface area contributed by atoms with Crippen molar-refractivity contribution in [3.8, 4) is 11.1 Å². The summed E-state index contributed by atoms with van der Waals surface area (Å²) in [5.41, 5.74) is 4.36. The van der Waals surface area contributed by atoms with Gasteiger partial charge in [0.1, 0.15) is 12.8 Å². The molecule has 1 saturated heterocycles. The molecule has 5 nitrogen and oxygen atoms in total. The number of halogens is 1. The zero-order valence-electron chi connectivity index (χ0n) is 14.0. The molecule has 26 heavy (non-hydrogen) atoms. The molecular formula is C20H18FNO4. The Morgan fingerprint density at radius 1 is 1.08 bits per heavy atom. The van der Waals surface area contributed by atoms with E-state index < -0.39 is 24.3 Å². The van der Waals surface area contributed by atoms with Crippen LogP contribution >= 0.6 is 0 Å². The number of fused-ring (bicyclic) bond motifs is 3. The van der Waals surface area contributed by atoms with Crippen molar-refractivity contribution in [1.82, 2.24) is 4.90 Å². The largest absolute Gasteiger partial charge is 0.480 e. The van der Waals surface area contributed by atoms with Crippen molar-refractivity contribution in [3.05, 3.63) is 59.7 Å². The number of carbonyl (C=O) groups is 2. The highest BCUT2D eigenvalue weighted by atomic mass is 19.1. The molecule has 0 aromatic heterocycles.